The molecule has 15 heteroatoms. The van der Waals surface area contributed by atoms with Gasteiger partial charge in [0.05, 0.1) is 4.88 Å². The zero-order chi connectivity index (χ0) is 25.4. The lowest BCUT2D eigenvalue weighted by molar-refractivity contribution is -0.149. The third-order valence-corrected chi connectivity index (χ3v) is 8.39. The third kappa shape index (κ3) is 4.20. The number of amides is 2. The zero-order valence-corrected chi connectivity index (χ0v) is 20.9. The van der Waals surface area contributed by atoms with Crippen molar-refractivity contribution in [3.05, 3.63) is 52.4 Å². The van der Waals surface area contributed by atoms with Crippen molar-refractivity contribution in [2.75, 3.05) is 18.6 Å². The van der Waals surface area contributed by atoms with Gasteiger partial charge >= 0.3 is 5.97 Å². The van der Waals surface area contributed by atoms with Gasteiger partial charge in [0.15, 0.2) is 10.8 Å². The summed E-state index contributed by atoms with van der Waals surface area (Å²) in [4.78, 5) is 57.3. The van der Waals surface area contributed by atoms with Crippen molar-refractivity contribution in [2.24, 2.45) is 5.16 Å². The van der Waals surface area contributed by atoms with E-state index in [1.54, 1.807) is 30.0 Å². The van der Waals surface area contributed by atoms with Gasteiger partial charge in [0.1, 0.15) is 34.9 Å². The number of β-lactam (4-membered cyclic amide) rings is 1. The largest absolute Gasteiger partial charge is 0.477 e. The van der Waals surface area contributed by atoms with E-state index in [0.717, 1.165) is 16.9 Å². The maximum absolute atomic E-state index is 13.0. The predicted molar refractivity (Wildman–Crippen MR) is 135 cm³/mol. The van der Waals surface area contributed by atoms with Crippen molar-refractivity contribution in [1.82, 2.24) is 25.2 Å². The Bertz CT molecular complexity index is 1420. The van der Waals surface area contributed by atoms with E-state index in [-0.39, 0.29) is 22.2 Å². The van der Waals surface area contributed by atoms with Crippen LogP contribution in [-0.4, -0.2) is 72.7 Å². The predicted octanol–water partition coefficient (Wildman–Crippen LogP) is 1.49. The molecule has 0 radical (unpaired) electrons. The summed E-state index contributed by atoms with van der Waals surface area (Å²) >= 11 is 3.80. The average molecular weight is 544 g/mol. The molecule has 1 saturated heterocycles. The number of carboxylic acid groups (broad SMARTS) is 1. The van der Waals surface area contributed by atoms with Crippen LogP contribution in [0.2, 0.25) is 0 Å². The number of pyridine rings is 1. The maximum atomic E-state index is 13.0. The minimum atomic E-state index is -1.23. The van der Waals surface area contributed by atoms with E-state index in [1.165, 1.54) is 35.1 Å². The summed E-state index contributed by atoms with van der Waals surface area (Å²) in [6.45, 7) is 0. The van der Waals surface area contributed by atoms with Gasteiger partial charge in [-0.3, -0.25) is 19.5 Å². The average Bonchev–Trinajstić information content (AvgIpc) is 3.54. The van der Waals surface area contributed by atoms with E-state index >= 15 is 0 Å². The highest BCUT2D eigenvalue weighted by atomic mass is 32.2. The highest BCUT2D eigenvalue weighted by molar-refractivity contribution is 8.00. The Morgan fingerprint density at radius 3 is 2.86 bits per heavy atom. The number of carboxylic acids is 1. The number of hydrogen-bond donors (Lipinski definition) is 3. The van der Waals surface area contributed by atoms with E-state index < -0.39 is 29.2 Å². The standard InChI is InChI=1S/C21H17N7O5S3/c1-33-27-13(11-8-35-21(22)25-11)16(29)26-14-18(30)28-15(20(31)32)10(7-34-19(14)28)12-6-24-17(36-12)9-3-2-4-23-5-9/h2-6,8,14,19H,7H2,1H3,(H2,22,25)(H,26,29)(H,31,32)/b27-13-. The Morgan fingerprint density at radius 2 is 2.19 bits per heavy atom. The van der Waals surface area contributed by atoms with Crippen LogP contribution in [-0.2, 0) is 19.2 Å². The highest BCUT2D eigenvalue weighted by Gasteiger charge is 2.54. The van der Waals surface area contributed by atoms with Crippen LogP contribution < -0.4 is 11.1 Å². The lowest BCUT2D eigenvalue weighted by Crippen LogP contribution is -2.71. The molecule has 4 N–H and O–H groups in total. The first-order chi connectivity index (χ1) is 17.4. The molecule has 2 aliphatic heterocycles. The number of aliphatic carboxylic acids is 1. The van der Waals surface area contributed by atoms with Gasteiger partial charge in [0, 0.05) is 40.9 Å². The fraction of sp³-hybridized carbons (Fsp3) is 0.190. The third-order valence-electron chi connectivity index (χ3n) is 5.33. The molecule has 2 atom stereocenters. The van der Waals surface area contributed by atoms with Gasteiger partial charge in [0.2, 0.25) is 0 Å². The number of carbonyl (C=O) groups is 3. The van der Waals surface area contributed by atoms with Crippen LogP contribution in [0.1, 0.15) is 10.6 Å². The smallest absolute Gasteiger partial charge is 0.353 e. The van der Waals surface area contributed by atoms with E-state index in [9.17, 15) is 19.5 Å². The number of hydrogen-bond acceptors (Lipinski definition) is 12. The number of nitrogens with zero attached hydrogens (tertiary/aromatic N) is 5. The molecule has 0 spiro atoms. The summed E-state index contributed by atoms with van der Waals surface area (Å²) in [5.41, 5.74) is 6.91. The molecule has 36 heavy (non-hydrogen) atoms. The first-order valence-electron chi connectivity index (χ1n) is 10.3. The second-order valence-corrected chi connectivity index (χ2v) is 10.5. The Kier molecular flexibility index (Phi) is 6.42. The number of rotatable bonds is 7. The summed E-state index contributed by atoms with van der Waals surface area (Å²) in [7, 11) is 1.28. The topological polar surface area (TPSA) is 173 Å². The summed E-state index contributed by atoms with van der Waals surface area (Å²) in [5.74, 6) is -2.14. The molecule has 184 valence electrons. The van der Waals surface area contributed by atoms with Crippen LogP contribution in [0.15, 0.2) is 47.0 Å². The van der Waals surface area contributed by atoms with Crippen LogP contribution >= 0.6 is 34.4 Å². The van der Waals surface area contributed by atoms with Crippen molar-refractivity contribution in [1.29, 1.82) is 0 Å². The van der Waals surface area contributed by atoms with Gasteiger partial charge in [-0.1, -0.05) is 5.16 Å². The van der Waals surface area contributed by atoms with E-state index in [0.29, 0.717) is 21.2 Å². The van der Waals surface area contributed by atoms with Gasteiger partial charge in [-0.25, -0.2) is 14.8 Å². The van der Waals surface area contributed by atoms with Crippen molar-refractivity contribution < 1.29 is 24.3 Å². The van der Waals surface area contributed by atoms with Crippen LogP contribution in [0.5, 0.6) is 0 Å². The lowest BCUT2D eigenvalue weighted by Gasteiger charge is -2.49. The second-order valence-electron chi connectivity index (χ2n) is 7.46. The van der Waals surface area contributed by atoms with Crippen LogP contribution in [0.3, 0.4) is 0 Å². The Balaban J connectivity index is 1.39. The Labute approximate surface area is 215 Å². The molecule has 12 nitrogen and oxygen atoms in total. The molecule has 0 saturated carbocycles. The van der Waals surface area contributed by atoms with Gasteiger partial charge in [0.25, 0.3) is 11.8 Å². The number of nitrogen functional groups attached to an aromatic ring is 1. The van der Waals surface area contributed by atoms with Crippen molar-refractivity contribution in [2.45, 2.75) is 11.4 Å². The molecule has 5 heterocycles. The fourth-order valence-electron chi connectivity index (χ4n) is 3.75. The number of fused-ring (bicyclic) bond motifs is 1. The minimum absolute atomic E-state index is 0.117. The summed E-state index contributed by atoms with van der Waals surface area (Å²) in [6, 6.07) is 2.71. The number of carbonyl (C=O) groups excluding carboxylic acids is 2. The molecule has 0 aliphatic carbocycles. The van der Waals surface area contributed by atoms with Crippen LogP contribution in [0.25, 0.3) is 16.1 Å². The van der Waals surface area contributed by atoms with E-state index in [1.807, 2.05) is 6.07 Å². The fourth-order valence-corrected chi connectivity index (χ4v) is 6.70. The molecule has 2 amide bonds. The Hall–Kier alpha value is -3.82. The number of oxime groups is 1. The SMILES string of the molecule is CO/N=C(\C(=O)NC1C(=O)N2C(C(=O)O)=C(c3cnc(-c4cccnc4)s3)CSC12)c1csc(N)n1. The number of aromatic nitrogens is 3. The number of nitrogens with one attached hydrogen (secondary N) is 1. The summed E-state index contributed by atoms with van der Waals surface area (Å²) < 4.78 is 0. The van der Waals surface area contributed by atoms with E-state index in [2.05, 4.69) is 25.4 Å². The number of anilines is 1. The first-order valence-corrected chi connectivity index (χ1v) is 13.0. The van der Waals surface area contributed by atoms with Gasteiger partial charge in [-0.15, -0.1) is 34.4 Å². The Morgan fingerprint density at radius 1 is 1.36 bits per heavy atom. The molecule has 3 aromatic heterocycles. The summed E-state index contributed by atoms with van der Waals surface area (Å²) in [5, 5.41) is 18.2. The molecule has 5 rings (SSSR count). The van der Waals surface area contributed by atoms with Crippen molar-refractivity contribution >= 4 is 68.6 Å². The molecular formula is C21H17N7O5S3. The zero-order valence-electron chi connectivity index (χ0n) is 18.4. The quantitative estimate of drug-likeness (QED) is 0.225. The molecule has 0 aromatic carbocycles. The molecule has 2 aliphatic rings. The van der Waals surface area contributed by atoms with E-state index in [4.69, 9.17) is 10.6 Å². The number of thioether (sulfide) groups is 1. The first kappa shape index (κ1) is 23.9. The molecule has 0 bridgehead atoms. The molecule has 1 fully saturated rings. The second kappa shape index (κ2) is 9.67. The van der Waals surface area contributed by atoms with Gasteiger partial charge < -0.3 is 21.0 Å². The highest BCUT2D eigenvalue weighted by Crippen LogP contribution is 2.44. The van der Waals surface area contributed by atoms with Crippen LogP contribution in [0.4, 0.5) is 5.13 Å². The summed E-state index contributed by atoms with van der Waals surface area (Å²) in [6.07, 6.45) is 4.93. The van der Waals surface area contributed by atoms with Gasteiger partial charge in [-0.05, 0) is 12.1 Å². The molecular weight excluding hydrogens is 526 g/mol. The van der Waals surface area contributed by atoms with Crippen LogP contribution in [0, 0.1) is 0 Å². The lowest BCUT2D eigenvalue weighted by atomic mass is 10.0. The van der Waals surface area contributed by atoms with Gasteiger partial charge in [-0.2, -0.15) is 0 Å². The normalized spacial score (nSPS) is 19.5. The molecule has 3 aromatic rings. The monoisotopic (exact) mass is 543 g/mol. The number of thiazole rings is 2. The van der Waals surface area contributed by atoms with Crippen molar-refractivity contribution in [3.63, 3.8) is 0 Å². The maximum Gasteiger partial charge on any atom is 0.353 e. The molecule has 2 unspecified atom stereocenters. The van der Waals surface area contributed by atoms with Crippen molar-refractivity contribution in [3.8, 4) is 10.6 Å². The minimum Gasteiger partial charge on any atom is -0.477 e. The number of nitrogens with two attached hydrogens (primary N) is 1.